The maximum atomic E-state index is 13.2. The number of carbonyl (C=O) groups excluding carboxylic acids is 1. The summed E-state index contributed by atoms with van der Waals surface area (Å²) in [6.45, 7) is 5.60. The molecule has 0 spiro atoms. The third-order valence-electron chi connectivity index (χ3n) is 6.18. The average Bonchev–Trinajstić information content (AvgIpc) is 2.75. The first-order valence-corrected chi connectivity index (χ1v) is 11.7. The first-order valence-electron chi connectivity index (χ1n) is 10.6. The Balaban J connectivity index is 1.41. The molecule has 0 bridgehead atoms. The van der Waals surface area contributed by atoms with Crippen LogP contribution in [0.2, 0.25) is 0 Å². The summed E-state index contributed by atoms with van der Waals surface area (Å²) in [6, 6.07) is 4.00. The average molecular weight is 444 g/mol. The van der Waals surface area contributed by atoms with E-state index in [-0.39, 0.29) is 17.9 Å². The van der Waals surface area contributed by atoms with Gasteiger partial charge in [-0.3, -0.25) is 9.69 Å². The number of halogens is 3. The van der Waals surface area contributed by atoms with Gasteiger partial charge in [0.05, 0.1) is 24.7 Å². The Morgan fingerprint density at radius 3 is 2.80 bits per heavy atom. The predicted octanol–water partition coefficient (Wildman–Crippen LogP) is 2.64. The Morgan fingerprint density at radius 2 is 2.03 bits per heavy atom. The van der Waals surface area contributed by atoms with Gasteiger partial charge < -0.3 is 15.0 Å². The molecule has 0 aliphatic carbocycles. The van der Waals surface area contributed by atoms with Crippen LogP contribution in [0.5, 0.6) is 0 Å². The summed E-state index contributed by atoms with van der Waals surface area (Å²) < 4.78 is 44.9. The molecule has 166 valence electrons. The Kier molecular flexibility index (Phi) is 6.79. The lowest BCUT2D eigenvalue weighted by Gasteiger charge is -2.45. The lowest BCUT2D eigenvalue weighted by atomic mass is 9.84. The summed E-state index contributed by atoms with van der Waals surface area (Å²) in [5, 5.41) is 3.05. The Morgan fingerprint density at radius 1 is 1.23 bits per heavy atom. The molecular weight excluding hydrogens is 415 g/mol. The molecule has 30 heavy (non-hydrogen) atoms. The van der Waals surface area contributed by atoms with Crippen LogP contribution < -0.4 is 10.2 Å². The number of alkyl halides is 3. The van der Waals surface area contributed by atoms with Crippen molar-refractivity contribution in [1.29, 1.82) is 0 Å². The number of carbonyl (C=O) groups is 1. The highest BCUT2D eigenvalue weighted by molar-refractivity contribution is 7.99. The zero-order valence-corrected chi connectivity index (χ0v) is 17.7. The normalized spacial score (nSPS) is 24.8. The fourth-order valence-electron chi connectivity index (χ4n) is 4.57. The summed E-state index contributed by atoms with van der Waals surface area (Å²) in [4.78, 5) is 17.5. The molecule has 1 amide bonds. The van der Waals surface area contributed by atoms with E-state index >= 15 is 0 Å². The largest absolute Gasteiger partial charge is 0.416 e. The second-order valence-corrected chi connectivity index (χ2v) is 9.24. The molecule has 0 radical (unpaired) electrons. The van der Waals surface area contributed by atoms with Crippen LogP contribution in [0.15, 0.2) is 18.2 Å². The van der Waals surface area contributed by atoms with Crippen molar-refractivity contribution in [2.75, 3.05) is 62.3 Å². The number of hydrogen-bond acceptors (Lipinski definition) is 5. The lowest BCUT2D eigenvalue weighted by molar-refractivity contribution is -0.137. The molecule has 0 aromatic heterocycles. The third-order valence-corrected chi connectivity index (χ3v) is 7.23. The first-order chi connectivity index (χ1) is 14.4. The van der Waals surface area contributed by atoms with Gasteiger partial charge in [0.25, 0.3) is 0 Å². The molecule has 3 aliphatic heterocycles. The van der Waals surface area contributed by atoms with E-state index in [1.54, 1.807) is 6.07 Å². The number of ether oxygens (including phenoxy) is 1. The first kappa shape index (κ1) is 21.8. The van der Waals surface area contributed by atoms with Gasteiger partial charge in [-0.05, 0) is 43.1 Å². The summed E-state index contributed by atoms with van der Waals surface area (Å²) in [6.07, 6.45) is -3.16. The van der Waals surface area contributed by atoms with Crippen LogP contribution in [0.1, 0.15) is 17.5 Å². The monoisotopic (exact) mass is 443 g/mol. The number of hydrogen-bond donors (Lipinski definition) is 1. The molecule has 9 heteroatoms. The van der Waals surface area contributed by atoms with Gasteiger partial charge in [-0.2, -0.15) is 24.9 Å². The minimum atomic E-state index is -4.37. The molecule has 2 atom stereocenters. The summed E-state index contributed by atoms with van der Waals surface area (Å²) in [5.41, 5.74) is 0.835. The summed E-state index contributed by atoms with van der Waals surface area (Å²) >= 11 is 1.81. The van der Waals surface area contributed by atoms with Crippen LogP contribution in [-0.2, 0) is 22.1 Å². The minimum Gasteiger partial charge on any atom is -0.379 e. The second-order valence-electron chi connectivity index (χ2n) is 8.09. The van der Waals surface area contributed by atoms with E-state index in [0.717, 1.165) is 69.1 Å². The van der Waals surface area contributed by atoms with Crippen molar-refractivity contribution in [3.05, 3.63) is 29.3 Å². The van der Waals surface area contributed by atoms with E-state index in [9.17, 15) is 18.0 Å². The van der Waals surface area contributed by atoms with E-state index in [0.29, 0.717) is 18.5 Å². The molecule has 2 fully saturated rings. The summed E-state index contributed by atoms with van der Waals surface area (Å²) in [5.74, 6) is 1.38. The molecule has 1 aromatic carbocycles. The van der Waals surface area contributed by atoms with Crippen LogP contribution in [0.4, 0.5) is 18.9 Å². The molecular formula is C21H28F3N3O2S. The van der Waals surface area contributed by atoms with E-state index in [1.807, 2.05) is 11.8 Å². The lowest BCUT2D eigenvalue weighted by Crippen LogP contribution is -2.55. The zero-order chi connectivity index (χ0) is 21.1. The molecule has 3 heterocycles. The third kappa shape index (κ3) is 4.89. The van der Waals surface area contributed by atoms with Gasteiger partial charge >= 0.3 is 6.18 Å². The summed E-state index contributed by atoms with van der Waals surface area (Å²) in [7, 11) is 0. The highest BCUT2D eigenvalue weighted by Crippen LogP contribution is 2.40. The standard InChI is InChI=1S/C21H28F3N3O2S/c22-21(23,24)16-2-3-18-15(12-16)13-17(19-14-30-11-8-27(18)19)20(28)25-4-1-5-26-6-9-29-10-7-26/h2-3,12,17,19H,1,4-11,13-14H2,(H,25,28)/t17-,19-/m1/s1. The highest BCUT2D eigenvalue weighted by Gasteiger charge is 2.41. The van der Waals surface area contributed by atoms with Gasteiger partial charge in [0, 0.05) is 49.4 Å². The second kappa shape index (κ2) is 9.36. The van der Waals surface area contributed by atoms with Crippen LogP contribution in [0.25, 0.3) is 0 Å². The Hall–Kier alpha value is -1.45. The van der Waals surface area contributed by atoms with Crippen LogP contribution >= 0.6 is 11.8 Å². The molecule has 2 saturated heterocycles. The fraction of sp³-hybridized carbons (Fsp3) is 0.667. The zero-order valence-electron chi connectivity index (χ0n) is 16.9. The van der Waals surface area contributed by atoms with Crippen molar-refractivity contribution in [3.8, 4) is 0 Å². The van der Waals surface area contributed by atoms with Crippen molar-refractivity contribution < 1.29 is 22.7 Å². The highest BCUT2D eigenvalue weighted by atomic mass is 32.2. The van der Waals surface area contributed by atoms with Gasteiger partial charge in [0.2, 0.25) is 5.91 Å². The van der Waals surface area contributed by atoms with E-state index in [1.165, 1.54) is 6.07 Å². The van der Waals surface area contributed by atoms with Gasteiger partial charge in [-0.15, -0.1) is 0 Å². The number of fused-ring (bicyclic) bond motifs is 3. The van der Waals surface area contributed by atoms with Gasteiger partial charge in [0.1, 0.15) is 0 Å². The maximum absolute atomic E-state index is 13.2. The number of benzene rings is 1. The molecule has 1 aromatic rings. The topological polar surface area (TPSA) is 44.8 Å². The molecule has 1 N–H and O–H groups in total. The quantitative estimate of drug-likeness (QED) is 0.709. The van der Waals surface area contributed by atoms with Crippen LogP contribution in [0, 0.1) is 5.92 Å². The predicted molar refractivity (Wildman–Crippen MR) is 112 cm³/mol. The number of rotatable bonds is 5. The molecule has 5 nitrogen and oxygen atoms in total. The molecule has 3 aliphatic rings. The van der Waals surface area contributed by atoms with E-state index < -0.39 is 11.7 Å². The number of anilines is 1. The van der Waals surface area contributed by atoms with Crippen molar-refractivity contribution in [2.45, 2.75) is 25.1 Å². The number of thioether (sulfide) groups is 1. The van der Waals surface area contributed by atoms with Crippen molar-refractivity contribution in [3.63, 3.8) is 0 Å². The number of morpholine rings is 1. The minimum absolute atomic E-state index is 0.0345. The molecule has 4 rings (SSSR count). The van der Waals surface area contributed by atoms with E-state index in [4.69, 9.17) is 4.74 Å². The molecule has 0 unspecified atom stereocenters. The number of nitrogens with zero attached hydrogens (tertiary/aromatic N) is 2. The van der Waals surface area contributed by atoms with E-state index in [2.05, 4.69) is 15.1 Å². The fourth-order valence-corrected chi connectivity index (χ4v) is 5.72. The van der Waals surface area contributed by atoms with Crippen LogP contribution in [0.3, 0.4) is 0 Å². The molecule has 0 saturated carbocycles. The van der Waals surface area contributed by atoms with Crippen molar-refractivity contribution in [2.24, 2.45) is 5.92 Å². The smallest absolute Gasteiger partial charge is 0.379 e. The van der Waals surface area contributed by atoms with Gasteiger partial charge in [-0.25, -0.2) is 0 Å². The van der Waals surface area contributed by atoms with Crippen LogP contribution in [-0.4, -0.2) is 74.3 Å². The number of nitrogens with one attached hydrogen (secondary N) is 1. The maximum Gasteiger partial charge on any atom is 0.416 e. The SMILES string of the molecule is O=C(NCCCN1CCOCC1)[C@@H]1Cc2cc(C(F)(F)F)ccc2N2CCSC[C@H]12. The number of amides is 1. The Labute approximate surface area is 179 Å². The van der Waals surface area contributed by atoms with Crippen molar-refractivity contribution >= 4 is 23.4 Å². The van der Waals surface area contributed by atoms with Gasteiger partial charge in [-0.1, -0.05) is 0 Å². The Bertz CT molecular complexity index is 756. The van der Waals surface area contributed by atoms with Crippen molar-refractivity contribution in [1.82, 2.24) is 10.2 Å². The van der Waals surface area contributed by atoms with Gasteiger partial charge in [0.15, 0.2) is 0 Å².